The molecule has 32 heavy (non-hydrogen) atoms. The van der Waals surface area contributed by atoms with Crippen LogP contribution in [0.25, 0.3) is 27.6 Å². The molecule has 4 aromatic heterocycles. The number of nitrogens with one attached hydrogen (secondary N) is 1. The van der Waals surface area contributed by atoms with E-state index in [9.17, 15) is 0 Å². The number of pyridine rings is 1. The molecule has 0 amide bonds. The Labute approximate surface area is 192 Å². The SMILES string of the molecule is CCCN1CCC(c2cnc(-c3[nH]nc(-c4cc(C)c5ncnn5c4)c3C(C)C)s2)CC1. The van der Waals surface area contributed by atoms with Crippen LogP contribution in [0.3, 0.4) is 0 Å². The van der Waals surface area contributed by atoms with Crippen LogP contribution in [0.5, 0.6) is 0 Å². The second-order valence-electron chi connectivity index (χ2n) is 9.14. The fourth-order valence-corrected chi connectivity index (χ4v) is 5.96. The van der Waals surface area contributed by atoms with Gasteiger partial charge in [0.2, 0.25) is 0 Å². The molecule has 1 saturated heterocycles. The molecule has 168 valence electrons. The molecular formula is C24H31N7S. The highest BCUT2D eigenvalue weighted by atomic mass is 32.1. The number of likely N-dealkylation sites (tertiary alicyclic amines) is 1. The first-order valence-electron chi connectivity index (χ1n) is 11.6. The Hall–Kier alpha value is -2.58. The Kier molecular flexibility index (Phi) is 5.82. The van der Waals surface area contributed by atoms with Gasteiger partial charge in [0.15, 0.2) is 5.65 Å². The third kappa shape index (κ3) is 3.86. The number of aryl methyl sites for hydroxylation is 1. The maximum atomic E-state index is 4.83. The summed E-state index contributed by atoms with van der Waals surface area (Å²) in [5.41, 5.74) is 6.25. The number of fused-ring (bicyclic) bond motifs is 1. The molecule has 0 radical (unpaired) electrons. The normalized spacial score (nSPS) is 15.9. The molecule has 0 spiro atoms. The van der Waals surface area contributed by atoms with Crippen molar-refractivity contribution in [3.63, 3.8) is 0 Å². The van der Waals surface area contributed by atoms with E-state index in [1.807, 2.05) is 22.0 Å². The summed E-state index contributed by atoms with van der Waals surface area (Å²) in [6, 6.07) is 2.15. The Balaban J connectivity index is 1.46. The molecule has 0 bridgehead atoms. The minimum Gasteiger partial charge on any atom is -0.303 e. The number of nitrogens with zero attached hydrogens (tertiary/aromatic N) is 6. The maximum absolute atomic E-state index is 4.83. The second-order valence-corrected chi connectivity index (χ2v) is 10.2. The lowest BCUT2D eigenvalue weighted by Crippen LogP contribution is -2.33. The van der Waals surface area contributed by atoms with Crippen molar-refractivity contribution < 1.29 is 0 Å². The van der Waals surface area contributed by atoms with Gasteiger partial charge in [0.1, 0.15) is 11.3 Å². The van der Waals surface area contributed by atoms with Crippen LogP contribution in [-0.2, 0) is 0 Å². The number of hydrogen-bond donors (Lipinski definition) is 1. The lowest BCUT2D eigenvalue weighted by atomic mass is 9.96. The molecule has 0 aromatic carbocycles. The molecule has 5 heterocycles. The van der Waals surface area contributed by atoms with Crippen LogP contribution >= 0.6 is 11.3 Å². The number of thiazole rings is 1. The van der Waals surface area contributed by atoms with Gasteiger partial charge >= 0.3 is 0 Å². The van der Waals surface area contributed by atoms with E-state index in [1.54, 1.807) is 6.33 Å². The van der Waals surface area contributed by atoms with Crippen molar-refractivity contribution in [2.45, 2.75) is 58.8 Å². The lowest BCUT2D eigenvalue weighted by molar-refractivity contribution is 0.214. The van der Waals surface area contributed by atoms with Gasteiger partial charge in [0.05, 0.1) is 11.4 Å². The minimum atomic E-state index is 0.315. The molecule has 1 aliphatic heterocycles. The van der Waals surface area contributed by atoms with Gasteiger partial charge in [-0.05, 0) is 69.3 Å². The van der Waals surface area contributed by atoms with E-state index in [-0.39, 0.29) is 0 Å². The van der Waals surface area contributed by atoms with E-state index < -0.39 is 0 Å². The van der Waals surface area contributed by atoms with Crippen LogP contribution in [-0.4, -0.2) is 54.3 Å². The van der Waals surface area contributed by atoms with Crippen LogP contribution < -0.4 is 0 Å². The van der Waals surface area contributed by atoms with E-state index in [4.69, 9.17) is 10.1 Å². The van der Waals surface area contributed by atoms with E-state index in [0.717, 1.165) is 33.2 Å². The topological polar surface area (TPSA) is 75.0 Å². The predicted octanol–water partition coefficient (Wildman–Crippen LogP) is 5.26. The first-order valence-corrected chi connectivity index (χ1v) is 12.4. The van der Waals surface area contributed by atoms with Crippen LogP contribution in [0, 0.1) is 6.92 Å². The lowest BCUT2D eigenvalue weighted by Gasteiger charge is -2.30. The van der Waals surface area contributed by atoms with Crippen LogP contribution in [0.15, 0.2) is 24.8 Å². The highest BCUT2D eigenvalue weighted by Crippen LogP contribution is 2.40. The molecule has 1 N–H and O–H groups in total. The van der Waals surface area contributed by atoms with E-state index >= 15 is 0 Å². The number of hydrogen-bond acceptors (Lipinski definition) is 6. The van der Waals surface area contributed by atoms with Gasteiger partial charge < -0.3 is 4.90 Å². The van der Waals surface area contributed by atoms with Crippen LogP contribution in [0.1, 0.15) is 67.9 Å². The van der Waals surface area contributed by atoms with Crippen molar-refractivity contribution in [1.82, 2.24) is 34.7 Å². The zero-order chi connectivity index (χ0) is 22.2. The largest absolute Gasteiger partial charge is 0.303 e. The first-order chi connectivity index (χ1) is 15.5. The Morgan fingerprint density at radius 1 is 1.22 bits per heavy atom. The van der Waals surface area contributed by atoms with Crippen molar-refractivity contribution in [1.29, 1.82) is 0 Å². The molecule has 0 aliphatic carbocycles. The average Bonchev–Trinajstić information content (AvgIpc) is 3.52. The molecule has 0 unspecified atom stereocenters. The van der Waals surface area contributed by atoms with Crippen molar-refractivity contribution in [2.24, 2.45) is 0 Å². The Morgan fingerprint density at radius 2 is 2.03 bits per heavy atom. The number of aromatic amines is 1. The van der Waals surface area contributed by atoms with Gasteiger partial charge in [0, 0.05) is 28.4 Å². The molecule has 8 heteroatoms. The molecule has 1 fully saturated rings. The van der Waals surface area contributed by atoms with Gasteiger partial charge in [-0.1, -0.05) is 20.8 Å². The van der Waals surface area contributed by atoms with E-state index in [2.05, 4.69) is 60.0 Å². The highest BCUT2D eigenvalue weighted by Gasteiger charge is 2.25. The zero-order valence-corrected chi connectivity index (χ0v) is 20.1. The molecule has 7 nitrogen and oxygen atoms in total. The van der Waals surface area contributed by atoms with Crippen molar-refractivity contribution >= 4 is 17.0 Å². The summed E-state index contributed by atoms with van der Waals surface area (Å²) in [6.07, 6.45) is 9.39. The summed E-state index contributed by atoms with van der Waals surface area (Å²) >= 11 is 1.83. The average molecular weight is 450 g/mol. The number of H-pyrrole nitrogens is 1. The summed E-state index contributed by atoms with van der Waals surface area (Å²) in [6.45, 7) is 12.4. The molecule has 5 rings (SSSR count). The van der Waals surface area contributed by atoms with Crippen LogP contribution in [0.2, 0.25) is 0 Å². The zero-order valence-electron chi connectivity index (χ0n) is 19.3. The van der Waals surface area contributed by atoms with Gasteiger partial charge in [0.25, 0.3) is 0 Å². The summed E-state index contributed by atoms with van der Waals surface area (Å²) in [4.78, 5) is 13.2. The van der Waals surface area contributed by atoms with E-state index in [0.29, 0.717) is 11.8 Å². The molecule has 4 aromatic rings. The quantitative estimate of drug-likeness (QED) is 0.434. The van der Waals surface area contributed by atoms with Crippen molar-refractivity contribution in [3.05, 3.63) is 40.8 Å². The number of piperidine rings is 1. The molecule has 1 aliphatic rings. The number of rotatable bonds is 6. The third-order valence-electron chi connectivity index (χ3n) is 6.48. The number of aromatic nitrogens is 6. The van der Waals surface area contributed by atoms with E-state index in [1.165, 1.54) is 49.3 Å². The first kappa shape index (κ1) is 21.3. The van der Waals surface area contributed by atoms with Gasteiger partial charge in [-0.15, -0.1) is 11.3 Å². The van der Waals surface area contributed by atoms with Crippen LogP contribution in [0.4, 0.5) is 0 Å². The van der Waals surface area contributed by atoms with Crippen molar-refractivity contribution in [2.75, 3.05) is 19.6 Å². The fourth-order valence-electron chi connectivity index (χ4n) is 4.87. The summed E-state index contributed by atoms with van der Waals surface area (Å²) in [5.74, 6) is 0.937. The monoisotopic (exact) mass is 449 g/mol. The summed E-state index contributed by atoms with van der Waals surface area (Å²) < 4.78 is 1.83. The fraction of sp³-hybridized carbons (Fsp3) is 0.500. The van der Waals surface area contributed by atoms with Gasteiger partial charge in [-0.2, -0.15) is 10.2 Å². The summed E-state index contributed by atoms with van der Waals surface area (Å²) in [7, 11) is 0. The van der Waals surface area contributed by atoms with Gasteiger partial charge in [-0.3, -0.25) is 5.10 Å². The Bertz CT molecular complexity index is 1210. The maximum Gasteiger partial charge on any atom is 0.158 e. The highest BCUT2D eigenvalue weighted by molar-refractivity contribution is 7.15. The smallest absolute Gasteiger partial charge is 0.158 e. The Morgan fingerprint density at radius 3 is 2.78 bits per heavy atom. The standard InChI is InChI=1S/C24H31N7S/c1-5-8-30-9-6-17(7-10-30)19-12-25-24(32-19)22-20(15(2)3)21(28-29-22)18-11-16(4)23-26-14-27-31(23)13-18/h11-15,17H,5-10H2,1-4H3,(H,28,29). The molecule has 0 atom stereocenters. The second kappa shape index (κ2) is 8.75. The predicted molar refractivity (Wildman–Crippen MR) is 129 cm³/mol. The minimum absolute atomic E-state index is 0.315. The summed E-state index contributed by atoms with van der Waals surface area (Å²) in [5, 5.41) is 13.4. The van der Waals surface area contributed by atoms with Gasteiger partial charge in [-0.25, -0.2) is 14.5 Å². The third-order valence-corrected chi connectivity index (χ3v) is 7.66. The van der Waals surface area contributed by atoms with Crippen molar-refractivity contribution in [3.8, 4) is 22.0 Å². The molecule has 0 saturated carbocycles. The molecular weight excluding hydrogens is 418 g/mol.